The van der Waals surface area contributed by atoms with Crippen molar-refractivity contribution in [1.82, 2.24) is 0 Å². The van der Waals surface area contributed by atoms with E-state index in [0.717, 1.165) is 25.9 Å². The first-order valence-electron chi connectivity index (χ1n) is 6.60. The van der Waals surface area contributed by atoms with Gasteiger partial charge in [-0.15, -0.1) is 0 Å². The minimum absolute atomic E-state index is 0.276. The monoisotopic (exact) mass is 246 g/mol. The number of carbonyl (C=O) groups is 1. The summed E-state index contributed by atoms with van der Waals surface area (Å²) in [6.07, 6.45) is 1.98. The molecule has 1 aromatic carbocycles. The lowest BCUT2D eigenvalue weighted by Crippen LogP contribution is -2.35. The molecule has 2 rings (SSSR count). The van der Waals surface area contributed by atoms with E-state index in [1.54, 1.807) is 6.92 Å². The summed E-state index contributed by atoms with van der Waals surface area (Å²) in [7, 11) is 4.11. The Labute approximate surface area is 109 Å². The maximum absolute atomic E-state index is 11.4. The van der Waals surface area contributed by atoms with Gasteiger partial charge in [0.2, 0.25) is 0 Å². The molecule has 1 aliphatic rings. The third-order valence-electron chi connectivity index (χ3n) is 3.78. The highest BCUT2D eigenvalue weighted by molar-refractivity contribution is 5.78. The van der Waals surface area contributed by atoms with Gasteiger partial charge in [-0.2, -0.15) is 0 Å². The van der Waals surface area contributed by atoms with Crippen molar-refractivity contribution in [1.29, 1.82) is 0 Å². The summed E-state index contributed by atoms with van der Waals surface area (Å²) in [6.45, 7) is 3.69. The van der Waals surface area contributed by atoms with Gasteiger partial charge in [0.1, 0.15) is 5.78 Å². The number of ketones is 1. The smallest absolute Gasteiger partial charge is 0.133 e. The number of nitrogens with zero attached hydrogens (tertiary/aromatic N) is 2. The molecule has 3 nitrogen and oxygen atoms in total. The average Bonchev–Trinajstić information content (AvgIpc) is 2.39. The van der Waals surface area contributed by atoms with Gasteiger partial charge in [0.05, 0.1) is 0 Å². The van der Waals surface area contributed by atoms with Gasteiger partial charge in [-0.05, 0) is 38.0 Å². The topological polar surface area (TPSA) is 23.6 Å². The molecular weight excluding hydrogens is 224 g/mol. The molecule has 0 aromatic heterocycles. The second kappa shape index (κ2) is 5.42. The van der Waals surface area contributed by atoms with E-state index in [4.69, 9.17) is 0 Å². The quantitative estimate of drug-likeness (QED) is 0.819. The van der Waals surface area contributed by atoms with Crippen molar-refractivity contribution >= 4 is 17.2 Å². The Bertz CT molecular complexity index is 420. The van der Waals surface area contributed by atoms with Gasteiger partial charge in [-0.1, -0.05) is 6.07 Å². The van der Waals surface area contributed by atoms with E-state index in [1.165, 1.54) is 11.4 Å². The molecule has 1 aliphatic heterocycles. The van der Waals surface area contributed by atoms with Gasteiger partial charge >= 0.3 is 0 Å². The van der Waals surface area contributed by atoms with E-state index in [1.807, 2.05) is 0 Å². The Morgan fingerprint density at radius 2 is 1.94 bits per heavy atom. The number of anilines is 2. The zero-order valence-corrected chi connectivity index (χ0v) is 11.5. The zero-order chi connectivity index (χ0) is 13.1. The number of rotatable bonds is 3. The number of benzene rings is 1. The molecule has 0 amide bonds. The lowest BCUT2D eigenvalue weighted by atomic mass is 9.93. The summed E-state index contributed by atoms with van der Waals surface area (Å²) in [6, 6.07) is 8.59. The van der Waals surface area contributed by atoms with Crippen molar-refractivity contribution in [3.05, 3.63) is 24.3 Å². The van der Waals surface area contributed by atoms with Crippen molar-refractivity contribution in [2.45, 2.75) is 19.8 Å². The van der Waals surface area contributed by atoms with Gasteiger partial charge in [-0.3, -0.25) is 4.79 Å². The molecule has 18 heavy (non-hydrogen) atoms. The highest BCUT2D eigenvalue weighted by atomic mass is 16.1. The first-order chi connectivity index (χ1) is 8.58. The van der Waals surface area contributed by atoms with Crippen LogP contribution in [0.15, 0.2) is 24.3 Å². The molecule has 0 spiro atoms. The molecule has 3 heteroatoms. The molecule has 1 saturated heterocycles. The molecule has 0 atom stereocenters. The molecule has 0 bridgehead atoms. The van der Waals surface area contributed by atoms with Crippen molar-refractivity contribution in [2.75, 3.05) is 37.0 Å². The van der Waals surface area contributed by atoms with Crippen LogP contribution in [0.3, 0.4) is 0 Å². The Hall–Kier alpha value is -1.51. The second-order valence-electron chi connectivity index (χ2n) is 5.29. The predicted octanol–water partition coefficient (Wildman–Crippen LogP) is 2.56. The van der Waals surface area contributed by atoms with Crippen LogP contribution in [0.1, 0.15) is 19.8 Å². The molecular formula is C15H22N2O. The zero-order valence-electron chi connectivity index (χ0n) is 11.5. The van der Waals surface area contributed by atoms with E-state index in [-0.39, 0.29) is 5.92 Å². The molecule has 98 valence electrons. The summed E-state index contributed by atoms with van der Waals surface area (Å²) >= 11 is 0. The van der Waals surface area contributed by atoms with Gasteiger partial charge in [0, 0.05) is 44.5 Å². The summed E-state index contributed by atoms with van der Waals surface area (Å²) < 4.78 is 0. The van der Waals surface area contributed by atoms with Gasteiger partial charge in [-0.25, -0.2) is 0 Å². The maximum Gasteiger partial charge on any atom is 0.133 e. The summed E-state index contributed by atoms with van der Waals surface area (Å²) in [5.74, 6) is 0.620. The van der Waals surface area contributed by atoms with Crippen LogP contribution in [-0.4, -0.2) is 33.0 Å². The van der Waals surface area contributed by atoms with Crippen LogP contribution in [-0.2, 0) is 4.79 Å². The van der Waals surface area contributed by atoms with Crippen molar-refractivity contribution in [3.8, 4) is 0 Å². The predicted molar refractivity (Wildman–Crippen MR) is 76.4 cm³/mol. The molecule has 1 fully saturated rings. The number of carbonyl (C=O) groups excluding carboxylic acids is 1. The van der Waals surface area contributed by atoms with E-state index >= 15 is 0 Å². The lowest BCUT2D eigenvalue weighted by molar-refractivity contribution is -0.121. The summed E-state index contributed by atoms with van der Waals surface area (Å²) in [5.41, 5.74) is 2.49. The highest BCUT2D eigenvalue weighted by Crippen LogP contribution is 2.26. The lowest BCUT2D eigenvalue weighted by Gasteiger charge is -2.33. The normalized spacial score (nSPS) is 16.7. The number of piperidine rings is 1. The largest absolute Gasteiger partial charge is 0.378 e. The molecule has 1 aromatic rings. The van der Waals surface area contributed by atoms with Crippen LogP contribution < -0.4 is 9.80 Å². The second-order valence-corrected chi connectivity index (χ2v) is 5.29. The van der Waals surface area contributed by atoms with Crippen LogP contribution in [0.25, 0.3) is 0 Å². The fourth-order valence-corrected chi connectivity index (χ4v) is 2.51. The Balaban J connectivity index is 2.05. The first-order valence-corrected chi connectivity index (χ1v) is 6.60. The summed E-state index contributed by atoms with van der Waals surface area (Å²) in [5, 5.41) is 0. The molecule has 0 saturated carbocycles. The number of Topliss-reactive ketones (excluding diaryl/α,β-unsaturated/α-hetero) is 1. The molecule has 0 aliphatic carbocycles. The maximum atomic E-state index is 11.4. The SMILES string of the molecule is CC(=O)C1CCN(c2cccc(N(C)C)c2)CC1. The van der Waals surface area contributed by atoms with Gasteiger partial charge in [0.15, 0.2) is 0 Å². The number of hydrogen-bond donors (Lipinski definition) is 0. The van der Waals surface area contributed by atoms with Crippen LogP contribution in [0, 0.1) is 5.92 Å². The third kappa shape index (κ3) is 2.84. The van der Waals surface area contributed by atoms with Crippen LogP contribution in [0.4, 0.5) is 11.4 Å². The van der Waals surface area contributed by atoms with Crippen LogP contribution in [0.5, 0.6) is 0 Å². The van der Waals surface area contributed by atoms with Gasteiger partial charge < -0.3 is 9.80 Å². The third-order valence-corrected chi connectivity index (χ3v) is 3.78. The number of hydrogen-bond acceptors (Lipinski definition) is 3. The molecule has 1 heterocycles. The van der Waals surface area contributed by atoms with Crippen LogP contribution >= 0.6 is 0 Å². The van der Waals surface area contributed by atoms with Crippen molar-refractivity contribution in [3.63, 3.8) is 0 Å². The molecule has 0 radical (unpaired) electrons. The van der Waals surface area contributed by atoms with Crippen molar-refractivity contribution < 1.29 is 4.79 Å². The Kier molecular flexibility index (Phi) is 3.90. The minimum atomic E-state index is 0.276. The van der Waals surface area contributed by atoms with Crippen LogP contribution in [0.2, 0.25) is 0 Å². The Morgan fingerprint density at radius 3 is 2.50 bits per heavy atom. The fourth-order valence-electron chi connectivity index (χ4n) is 2.51. The fraction of sp³-hybridized carbons (Fsp3) is 0.533. The average molecular weight is 246 g/mol. The Morgan fingerprint density at radius 1 is 1.28 bits per heavy atom. The first kappa shape index (κ1) is 12.9. The van der Waals surface area contributed by atoms with E-state index in [0.29, 0.717) is 5.78 Å². The highest BCUT2D eigenvalue weighted by Gasteiger charge is 2.22. The van der Waals surface area contributed by atoms with E-state index in [2.05, 4.69) is 48.2 Å². The standard InChI is InChI=1S/C15H22N2O/c1-12(18)13-7-9-17(10-8-13)15-6-4-5-14(11-15)16(2)3/h4-6,11,13H,7-10H2,1-3H3. The van der Waals surface area contributed by atoms with E-state index < -0.39 is 0 Å². The molecule has 0 N–H and O–H groups in total. The van der Waals surface area contributed by atoms with E-state index in [9.17, 15) is 4.79 Å². The van der Waals surface area contributed by atoms with Gasteiger partial charge in [0.25, 0.3) is 0 Å². The summed E-state index contributed by atoms with van der Waals surface area (Å²) in [4.78, 5) is 15.9. The minimum Gasteiger partial charge on any atom is -0.378 e. The van der Waals surface area contributed by atoms with Crippen molar-refractivity contribution in [2.24, 2.45) is 5.92 Å². The molecule has 0 unspecified atom stereocenters.